The monoisotopic (exact) mass is 336 g/mol. The van der Waals surface area contributed by atoms with Gasteiger partial charge in [0.25, 0.3) is 5.89 Å². The highest BCUT2D eigenvalue weighted by molar-refractivity contribution is 5.96. The number of para-hydroxylation sites is 1. The molecule has 1 saturated carbocycles. The largest absolute Gasteiger partial charge is 0.334 e. The molecule has 1 aromatic heterocycles. The molecule has 7 heteroatoms. The molecule has 0 aliphatic heterocycles. The van der Waals surface area contributed by atoms with Crippen molar-refractivity contribution in [1.82, 2.24) is 10.1 Å². The van der Waals surface area contributed by atoms with Gasteiger partial charge in [-0.3, -0.25) is 4.79 Å². The smallest absolute Gasteiger partial charge is 0.260 e. The number of anilines is 1. The second-order valence-electron chi connectivity index (χ2n) is 5.76. The lowest BCUT2D eigenvalue weighted by Crippen LogP contribution is -2.44. The van der Waals surface area contributed by atoms with Gasteiger partial charge in [0, 0.05) is 13.5 Å². The van der Waals surface area contributed by atoms with E-state index in [0.29, 0.717) is 18.1 Å². The van der Waals surface area contributed by atoms with Gasteiger partial charge in [0.05, 0.1) is 16.8 Å². The standard InChI is InChI=1S/C16H20N4O2.ClH/c1-3-13(21)20(2)12-8-5-4-7-11(12)14-18-15(19-22-14)16(17)9-6-10-16;/h4-5,7-8H,3,6,9-10,17H2,1-2H3;1H. The molecule has 1 heterocycles. The van der Waals surface area contributed by atoms with E-state index < -0.39 is 5.54 Å². The SMILES string of the molecule is CCC(=O)N(C)c1ccccc1-c1nc(C2(N)CCC2)no1.Cl. The molecule has 6 nitrogen and oxygen atoms in total. The zero-order chi connectivity index (χ0) is 15.7. The number of carbonyl (C=O) groups excluding carboxylic acids is 1. The van der Waals surface area contributed by atoms with Gasteiger partial charge in [-0.05, 0) is 31.4 Å². The average Bonchev–Trinajstić information content (AvgIpc) is 3.01. The van der Waals surface area contributed by atoms with E-state index in [0.717, 1.165) is 30.5 Å². The van der Waals surface area contributed by atoms with Crippen molar-refractivity contribution in [2.75, 3.05) is 11.9 Å². The van der Waals surface area contributed by atoms with E-state index >= 15 is 0 Å². The van der Waals surface area contributed by atoms with Crippen LogP contribution in [0, 0.1) is 0 Å². The Morgan fingerprint density at radius 1 is 1.39 bits per heavy atom. The number of carbonyl (C=O) groups is 1. The Morgan fingerprint density at radius 3 is 2.70 bits per heavy atom. The first-order chi connectivity index (χ1) is 10.5. The van der Waals surface area contributed by atoms with Crippen molar-refractivity contribution in [3.05, 3.63) is 30.1 Å². The molecule has 0 saturated heterocycles. The number of benzene rings is 1. The molecule has 0 radical (unpaired) electrons. The molecule has 2 aromatic rings. The molecular formula is C16H21ClN4O2. The van der Waals surface area contributed by atoms with Crippen LogP contribution in [0.3, 0.4) is 0 Å². The van der Waals surface area contributed by atoms with Crippen LogP contribution in [0.4, 0.5) is 5.69 Å². The van der Waals surface area contributed by atoms with Gasteiger partial charge < -0.3 is 15.2 Å². The van der Waals surface area contributed by atoms with Gasteiger partial charge in [-0.25, -0.2) is 0 Å². The van der Waals surface area contributed by atoms with Crippen LogP contribution in [0.2, 0.25) is 0 Å². The van der Waals surface area contributed by atoms with Crippen molar-refractivity contribution in [2.45, 2.75) is 38.1 Å². The topological polar surface area (TPSA) is 85.2 Å². The fraction of sp³-hybridized carbons (Fsp3) is 0.438. The van der Waals surface area contributed by atoms with E-state index in [1.54, 1.807) is 11.9 Å². The van der Waals surface area contributed by atoms with Gasteiger partial charge >= 0.3 is 0 Å². The molecule has 3 rings (SSSR count). The summed E-state index contributed by atoms with van der Waals surface area (Å²) < 4.78 is 5.40. The molecule has 1 aliphatic carbocycles. The van der Waals surface area contributed by atoms with Gasteiger partial charge in [0.2, 0.25) is 5.91 Å². The van der Waals surface area contributed by atoms with Gasteiger partial charge in [0.1, 0.15) is 0 Å². The summed E-state index contributed by atoms with van der Waals surface area (Å²) >= 11 is 0. The predicted molar refractivity (Wildman–Crippen MR) is 90.4 cm³/mol. The first kappa shape index (κ1) is 17.4. The molecule has 0 atom stereocenters. The number of halogens is 1. The van der Waals surface area contributed by atoms with Crippen LogP contribution in [-0.2, 0) is 10.3 Å². The van der Waals surface area contributed by atoms with Gasteiger partial charge in [-0.15, -0.1) is 12.4 Å². The van der Waals surface area contributed by atoms with E-state index in [1.807, 2.05) is 31.2 Å². The number of nitrogens with two attached hydrogens (primary N) is 1. The Bertz CT molecular complexity index is 697. The Labute approximate surface area is 141 Å². The number of amides is 1. The fourth-order valence-electron chi connectivity index (χ4n) is 2.63. The molecule has 0 spiro atoms. The fourth-order valence-corrected chi connectivity index (χ4v) is 2.63. The van der Waals surface area contributed by atoms with Crippen molar-refractivity contribution in [1.29, 1.82) is 0 Å². The lowest BCUT2D eigenvalue weighted by molar-refractivity contribution is -0.118. The maximum atomic E-state index is 12.0. The normalized spacial score (nSPS) is 15.4. The molecular weight excluding hydrogens is 316 g/mol. The summed E-state index contributed by atoms with van der Waals surface area (Å²) in [6.07, 6.45) is 3.28. The number of rotatable bonds is 4. The summed E-state index contributed by atoms with van der Waals surface area (Å²) in [6.45, 7) is 1.83. The Kier molecular flexibility index (Phi) is 5.06. The Morgan fingerprint density at radius 2 is 2.09 bits per heavy atom. The van der Waals surface area contributed by atoms with E-state index in [1.165, 1.54) is 0 Å². The van der Waals surface area contributed by atoms with E-state index in [9.17, 15) is 4.79 Å². The third kappa shape index (κ3) is 3.09. The van der Waals surface area contributed by atoms with Crippen molar-refractivity contribution in [3.63, 3.8) is 0 Å². The molecule has 1 aromatic carbocycles. The van der Waals surface area contributed by atoms with Crippen LogP contribution in [-0.4, -0.2) is 23.1 Å². The Balaban J connectivity index is 0.00000192. The second kappa shape index (κ2) is 6.68. The first-order valence-electron chi connectivity index (χ1n) is 7.54. The van der Waals surface area contributed by atoms with Crippen molar-refractivity contribution in [2.24, 2.45) is 5.73 Å². The van der Waals surface area contributed by atoms with Crippen molar-refractivity contribution in [3.8, 4) is 11.5 Å². The number of nitrogens with zero attached hydrogens (tertiary/aromatic N) is 3. The lowest BCUT2D eigenvalue weighted by Gasteiger charge is -2.34. The molecule has 23 heavy (non-hydrogen) atoms. The van der Waals surface area contributed by atoms with Gasteiger partial charge in [-0.2, -0.15) is 4.98 Å². The van der Waals surface area contributed by atoms with E-state index in [-0.39, 0.29) is 18.3 Å². The molecule has 0 unspecified atom stereocenters. The number of hydrogen-bond acceptors (Lipinski definition) is 5. The molecule has 1 fully saturated rings. The van der Waals surface area contributed by atoms with Crippen molar-refractivity contribution >= 4 is 24.0 Å². The van der Waals surface area contributed by atoms with E-state index in [2.05, 4.69) is 10.1 Å². The Hall–Kier alpha value is -1.92. The maximum Gasteiger partial charge on any atom is 0.260 e. The van der Waals surface area contributed by atoms with Crippen LogP contribution in [0.5, 0.6) is 0 Å². The summed E-state index contributed by atoms with van der Waals surface area (Å²) in [5, 5.41) is 4.04. The minimum atomic E-state index is -0.457. The van der Waals surface area contributed by atoms with Crippen LogP contribution in [0.25, 0.3) is 11.5 Å². The van der Waals surface area contributed by atoms with Crippen LogP contribution in [0.15, 0.2) is 28.8 Å². The maximum absolute atomic E-state index is 12.0. The zero-order valence-corrected chi connectivity index (χ0v) is 14.1. The third-order valence-electron chi connectivity index (χ3n) is 4.29. The molecule has 2 N–H and O–H groups in total. The highest BCUT2D eigenvalue weighted by atomic mass is 35.5. The van der Waals surface area contributed by atoms with Crippen LogP contribution < -0.4 is 10.6 Å². The summed E-state index contributed by atoms with van der Waals surface area (Å²) in [5.74, 6) is 0.979. The number of aromatic nitrogens is 2. The number of hydrogen-bond donors (Lipinski definition) is 1. The minimum absolute atomic E-state index is 0. The summed E-state index contributed by atoms with van der Waals surface area (Å²) in [6, 6.07) is 7.50. The second-order valence-corrected chi connectivity index (χ2v) is 5.76. The van der Waals surface area contributed by atoms with Gasteiger partial charge in [-0.1, -0.05) is 24.2 Å². The lowest BCUT2D eigenvalue weighted by atomic mass is 9.77. The highest BCUT2D eigenvalue weighted by Crippen LogP contribution is 2.38. The van der Waals surface area contributed by atoms with Crippen molar-refractivity contribution < 1.29 is 9.32 Å². The average molecular weight is 337 g/mol. The predicted octanol–water partition coefficient (Wildman–Crippen LogP) is 2.87. The summed E-state index contributed by atoms with van der Waals surface area (Å²) in [4.78, 5) is 18.0. The summed E-state index contributed by atoms with van der Waals surface area (Å²) in [7, 11) is 1.75. The third-order valence-corrected chi connectivity index (χ3v) is 4.29. The van der Waals surface area contributed by atoms with Crippen LogP contribution in [0.1, 0.15) is 38.4 Å². The molecule has 0 bridgehead atoms. The minimum Gasteiger partial charge on any atom is -0.334 e. The quantitative estimate of drug-likeness (QED) is 0.927. The molecule has 124 valence electrons. The summed E-state index contributed by atoms with van der Waals surface area (Å²) in [5.41, 5.74) is 7.27. The molecule has 1 aliphatic rings. The van der Waals surface area contributed by atoms with E-state index in [4.69, 9.17) is 10.3 Å². The zero-order valence-electron chi connectivity index (χ0n) is 13.3. The first-order valence-corrected chi connectivity index (χ1v) is 7.54. The van der Waals surface area contributed by atoms with Crippen LogP contribution >= 0.6 is 12.4 Å². The molecule has 1 amide bonds. The van der Waals surface area contributed by atoms with Gasteiger partial charge in [0.15, 0.2) is 5.82 Å². The highest BCUT2D eigenvalue weighted by Gasteiger charge is 2.39.